The summed E-state index contributed by atoms with van der Waals surface area (Å²) in [6, 6.07) is 13.9. The first-order valence-corrected chi connectivity index (χ1v) is 27.0. The smallest absolute Gasteiger partial charge is 0.238 e. The van der Waals surface area contributed by atoms with Crippen molar-refractivity contribution >= 4 is 57.8 Å². The monoisotopic (exact) mass is 964 g/mol. The molecule has 0 radical (unpaired) electrons. The Kier molecular flexibility index (Phi) is 12.1. The van der Waals surface area contributed by atoms with Gasteiger partial charge in [-0.25, -0.2) is 9.97 Å². The molecule has 8 aliphatic rings. The van der Waals surface area contributed by atoms with Gasteiger partial charge in [0, 0.05) is 92.9 Å². The van der Waals surface area contributed by atoms with Gasteiger partial charge >= 0.3 is 0 Å². The second kappa shape index (κ2) is 18.6. The fourth-order valence-corrected chi connectivity index (χ4v) is 13.2. The van der Waals surface area contributed by atoms with Crippen molar-refractivity contribution in [1.29, 1.82) is 0 Å². The summed E-state index contributed by atoms with van der Waals surface area (Å²) in [6.45, 7) is 10.4. The van der Waals surface area contributed by atoms with Crippen molar-refractivity contribution in [2.75, 3.05) is 67.5 Å². The lowest BCUT2D eigenvalue weighted by atomic mass is 9.73. The first-order chi connectivity index (χ1) is 34.5. The maximum atomic E-state index is 15.2. The lowest BCUT2D eigenvalue weighted by Crippen LogP contribution is -2.58. The highest BCUT2D eigenvalue weighted by molar-refractivity contribution is 6.09. The van der Waals surface area contributed by atoms with Crippen LogP contribution < -0.4 is 20.4 Å². The molecule has 4 aromatic rings. The van der Waals surface area contributed by atoms with E-state index in [1.165, 1.54) is 19.3 Å². The fourth-order valence-electron chi connectivity index (χ4n) is 13.2. The van der Waals surface area contributed by atoms with Crippen LogP contribution in [0, 0.1) is 11.8 Å². The van der Waals surface area contributed by atoms with E-state index in [4.69, 9.17) is 9.97 Å². The third-order valence-electron chi connectivity index (χ3n) is 17.7. The first-order valence-electron chi connectivity index (χ1n) is 27.0. The van der Waals surface area contributed by atoms with E-state index >= 15 is 4.79 Å². The van der Waals surface area contributed by atoms with E-state index < -0.39 is 11.3 Å². The lowest BCUT2D eigenvalue weighted by molar-refractivity contribution is -0.144. The Hall–Kier alpha value is -5.90. The number of imide groups is 1. The summed E-state index contributed by atoms with van der Waals surface area (Å²) in [5.74, 6) is 0.305. The van der Waals surface area contributed by atoms with Crippen molar-refractivity contribution in [2.45, 2.75) is 146 Å². The number of benzene rings is 1. The van der Waals surface area contributed by atoms with Crippen LogP contribution in [0.15, 0.2) is 48.9 Å². The van der Waals surface area contributed by atoms with Gasteiger partial charge in [-0.15, -0.1) is 0 Å². The molecule has 16 heteroatoms. The molecular formula is C55H69N11O5. The number of rotatable bonds is 10. The number of carbonyl (C=O) groups is 5. The summed E-state index contributed by atoms with van der Waals surface area (Å²) in [7, 11) is 0. The Bertz CT molecular complexity index is 2720. The summed E-state index contributed by atoms with van der Waals surface area (Å²) < 4.78 is 2.20. The van der Waals surface area contributed by atoms with E-state index in [2.05, 4.69) is 73.0 Å². The minimum atomic E-state index is -0.673. The number of nitrogens with zero attached hydrogens (tertiary/aromatic N) is 9. The minimum Gasteiger partial charge on any atom is -0.370 e. The molecule has 71 heavy (non-hydrogen) atoms. The Balaban J connectivity index is 0.695. The number of piperidine rings is 5. The number of pyridine rings is 2. The van der Waals surface area contributed by atoms with E-state index in [0.717, 1.165) is 110 Å². The molecule has 1 atom stereocenters. The van der Waals surface area contributed by atoms with Gasteiger partial charge in [0.1, 0.15) is 5.52 Å². The molecule has 9 heterocycles. The molecule has 1 aromatic carbocycles. The van der Waals surface area contributed by atoms with Crippen LogP contribution in [0.25, 0.3) is 22.3 Å². The van der Waals surface area contributed by atoms with Crippen molar-refractivity contribution in [3.8, 4) is 11.3 Å². The second-order valence-corrected chi connectivity index (χ2v) is 22.4. The number of amides is 5. The molecule has 0 bridgehead atoms. The number of aromatic nitrogens is 4. The van der Waals surface area contributed by atoms with Crippen LogP contribution >= 0.6 is 0 Å². The minimum absolute atomic E-state index is 0.0538. The first kappa shape index (κ1) is 46.2. The average Bonchev–Trinajstić information content (AvgIpc) is 4.05. The molecule has 2 aliphatic carbocycles. The molecule has 12 rings (SSSR count). The van der Waals surface area contributed by atoms with E-state index in [1.807, 2.05) is 28.3 Å². The predicted octanol–water partition coefficient (Wildman–Crippen LogP) is 6.55. The van der Waals surface area contributed by atoms with E-state index in [1.54, 1.807) is 6.20 Å². The average molecular weight is 964 g/mol. The highest BCUT2D eigenvalue weighted by atomic mass is 16.2. The summed E-state index contributed by atoms with van der Waals surface area (Å²) in [5, 5.41) is 6.12. The molecule has 5 saturated heterocycles. The zero-order chi connectivity index (χ0) is 48.5. The summed E-state index contributed by atoms with van der Waals surface area (Å²) in [5.41, 5.74) is 6.87. The number of likely N-dealkylation sites (tertiary alicyclic amines) is 3. The van der Waals surface area contributed by atoms with Crippen LogP contribution in [0.4, 0.5) is 17.2 Å². The largest absolute Gasteiger partial charge is 0.370 e. The zero-order valence-corrected chi connectivity index (χ0v) is 41.5. The number of hydrogen-bond donors (Lipinski definition) is 2. The number of imidazole rings is 1. The number of hydrogen-bond acceptors (Lipinski definition) is 11. The summed E-state index contributed by atoms with van der Waals surface area (Å²) >= 11 is 0. The van der Waals surface area contributed by atoms with Gasteiger partial charge in [0.15, 0.2) is 5.82 Å². The Morgan fingerprint density at radius 2 is 1.46 bits per heavy atom. The lowest BCUT2D eigenvalue weighted by Gasteiger charge is -2.48. The standard InChI is InChI=1S/C55H69N11O5/c1-34(2)65-33-57-46-31-45(59-50(49(46)65)58-38-7-8-38)37-6-11-43-47(28-37)66(41-29-40(30-41)61-20-4-3-5-21-61)54(71)55(43)18-26-64(27-19-55)53(70)36-16-24-63(25-17-36)52(69)35-14-22-62(23-15-35)39-9-12-44(56-32-39)42-10-13-48(67)60-51(42)68/h6,9,11-12,28,31-36,38,40-42H,3-5,7-8,10,13-27,29-30H2,1-2H3,(H,58,59)(H,60,67,68)/t40-,41+,42?. The molecule has 2 saturated carbocycles. The Labute approximate surface area is 416 Å². The van der Waals surface area contributed by atoms with Crippen LogP contribution in [0.2, 0.25) is 0 Å². The molecule has 16 nitrogen and oxygen atoms in total. The fraction of sp³-hybridized carbons (Fsp3) is 0.600. The highest BCUT2D eigenvalue weighted by Gasteiger charge is 2.56. The molecule has 2 N–H and O–H groups in total. The predicted molar refractivity (Wildman–Crippen MR) is 271 cm³/mol. The van der Waals surface area contributed by atoms with E-state index in [-0.39, 0.29) is 53.5 Å². The maximum absolute atomic E-state index is 15.2. The van der Waals surface area contributed by atoms with Crippen LogP contribution in [-0.4, -0.2) is 134 Å². The van der Waals surface area contributed by atoms with Crippen molar-refractivity contribution in [3.63, 3.8) is 0 Å². The molecule has 7 fully saturated rings. The van der Waals surface area contributed by atoms with Gasteiger partial charge in [0.25, 0.3) is 0 Å². The number of carbonyl (C=O) groups excluding carboxylic acids is 5. The quantitative estimate of drug-likeness (QED) is 0.166. The maximum Gasteiger partial charge on any atom is 0.238 e. The molecule has 1 spiro atoms. The van der Waals surface area contributed by atoms with Gasteiger partial charge < -0.3 is 34.4 Å². The molecule has 5 amide bonds. The molecule has 3 aromatic heterocycles. The third kappa shape index (κ3) is 8.54. The topological polar surface area (TPSA) is 169 Å². The van der Waals surface area contributed by atoms with Gasteiger partial charge in [-0.1, -0.05) is 18.6 Å². The molecule has 6 aliphatic heterocycles. The van der Waals surface area contributed by atoms with Crippen LogP contribution in [-0.2, 0) is 29.4 Å². The van der Waals surface area contributed by atoms with Gasteiger partial charge in [-0.05, 0) is 140 Å². The summed E-state index contributed by atoms with van der Waals surface area (Å²) in [4.78, 5) is 93.1. The number of anilines is 3. The molecular weight excluding hydrogens is 895 g/mol. The highest BCUT2D eigenvalue weighted by Crippen LogP contribution is 2.52. The zero-order valence-electron chi connectivity index (χ0n) is 41.5. The third-order valence-corrected chi connectivity index (χ3v) is 17.7. The van der Waals surface area contributed by atoms with Crippen LogP contribution in [0.3, 0.4) is 0 Å². The molecule has 374 valence electrons. The Morgan fingerprint density at radius 1 is 0.761 bits per heavy atom. The number of nitrogens with one attached hydrogen (secondary N) is 2. The Morgan fingerprint density at radius 3 is 2.13 bits per heavy atom. The van der Waals surface area contributed by atoms with Crippen LogP contribution in [0.1, 0.15) is 133 Å². The second-order valence-electron chi connectivity index (χ2n) is 22.4. The van der Waals surface area contributed by atoms with Crippen molar-refractivity contribution in [1.82, 2.24) is 39.5 Å². The van der Waals surface area contributed by atoms with E-state index in [9.17, 15) is 19.2 Å². The van der Waals surface area contributed by atoms with Crippen molar-refractivity contribution in [2.24, 2.45) is 11.8 Å². The van der Waals surface area contributed by atoms with Gasteiger partial charge in [-0.2, -0.15) is 0 Å². The van der Waals surface area contributed by atoms with Gasteiger partial charge in [-0.3, -0.25) is 34.3 Å². The van der Waals surface area contributed by atoms with Crippen molar-refractivity contribution in [3.05, 3.63) is 60.2 Å². The van der Waals surface area contributed by atoms with Gasteiger partial charge in [0.2, 0.25) is 29.5 Å². The molecule has 1 unspecified atom stereocenters. The normalized spacial score (nSPS) is 25.5. The SMILES string of the molecule is CC(C)n1cnc2cc(-c3ccc4c(c3)N([C@H]3C[C@@H](N5CCCCC5)C3)C(=O)C43CCN(C(=O)C4CCN(C(=O)C5CCN(c6ccc(C7CCC(=O)NC7=O)nc6)CC5)CC4)CC3)nc(NC3CC3)c21. The van der Waals surface area contributed by atoms with Gasteiger partial charge in [0.05, 0.1) is 46.4 Å². The van der Waals surface area contributed by atoms with Crippen LogP contribution in [0.5, 0.6) is 0 Å². The number of fused-ring (bicyclic) bond motifs is 3. The summed E-state index contributed by atoms with van der Waals surface area (Å²) in [6.07, 6.45) is 16.6. The van der Waals surface area contributed by atoms with E-state index in [0.29, 0.717) is 82.5 Å². The van der Waals surface area contributed by atoms with Crippen molar-refractivity contribution < 1.29 is 24.0 Å².